The normalized spacial score (nSPS) is 15.6. The molecule has 2 heteroatoms. The molecule has 0 amide bonds. The van der Waals surface area contributed by atoms with Crippen LogP contribution in [0.1, 0.15) is 18.1 Å². The van der Waals surface area contributed by atoms with Gasteiger partial charge in [0.2, 0.25) is 0 Å². The summed E-state index contributed by atoms with van der Waals surface area (Å²) in [5.41, 5.74) is 8.22. The predicted octanol–water partition coefficient (Wildman–Crippen LogP) is 3.94. The molecule has 2 nitrogen and oxygen atoms in total. The van der Waals surface area contributed by atoms with Crippen molar-refractivity contribution in [1.29, 1.82) is 0 Å². The summed E-state index contributed by atoms with van der Waals surface area (Å²) in [6.45, 7) is 3.17. The molecule has 0 spiro atoms. The Balaban J connectivity index is 2.07. The van der Waals surface area contributed by atoms with Crippen molar-refractivity contribution >= 4 is 11.4 Å². The molecule has 2 aromatic rings. The second-order valence-electron chi connectivity index (χ2n) is 5.55. The number of benzene rings is 2. The minimum atomic E-state index is 0.938. The first-order valence-corrected chi connectivity index (χ1v) is 7.21. The average molecular weight is 262 g/mol. The second kappa shape index (κ2) is 4.14. The summed E-state index contributed by atoms with van der Waals surface area (Å²) in [6.07, 6.45) is 3.33. The molecule has 2 aromatic carbocycles. The van der Waals surface area contributed by atoms with Crippen molar-refractivity contribution in [3.05, 3.63) is 59.8 Å². The SMILES string of the molecule is CCc1cccc2c1N1CN(C)C=C1c1ccccc1-2. The molecule has 0 bridgehead atoms. The molecule has 100 valence electrons. The number of para-hydroxylation sites is 1. The molecule has 2 aliphatic heterocycles. The molecule has 2 aliphatic rings. The van der Waals surface area contributed by atoms with E-state index in [2.05, 4.69) is 72.4 Å². The van der Waals surface area contributed by atoms with Gasteiger partial charge in [0.05, 0.1) is 18.1 Å². The molecule has 0 fully saturated rings. The summed E-state index contributed by atoms with van der Waals surface area (Å²) in [6, 6.07) is 15.4. The molecule has 4 rings (SSSR count). The Labute approximate surface area is 119 Å². The van der Waals surface area contributed by atoms with Crippen LogP contribution in [0.15, 0.2) is 48.7 Å². The topological polar surface area (TPSA) is 6.48 Å². The minimum absolute atomic E-state index is 0.938. The van der Waals surface area contributed by atoms with Gasteiger partial charge in [0, 0.05) is 24.4 Å². The third-order valence-electron chi connectivity index (χ3n) is 4.26. The van der Waals surface area contributed by atoms with Crippen LogP contribution in [-0.4, -0.2) is 18.6 Å². The Kier molecular flexibility index (Phi) is 2.40. The molecule has 0 saturated heterocycles. The molecular formula is C18H18N2. The van der Waals surface area contributed by atoms with Crippen LogP contribution < -0.4 is 4.90 Å². The van der Waals surface area contributed by atoms with E-state index in [0.717, 1.165) is 13.1 Å². The summed E-state index contributed by atoms with van der Waals surface area (Å²) >= 11 is 0. The Morgan fingerprint density at radius 3 is 2.50 bits per heavy atom. The van der Waals surface area contributed by atoms with E-state index in [1.54, 1.807) is 0 Å². The number of rotatable bonds is 1. The molecule has 0 saturated carbocycles. The highest BCUT2D eigenvalue weighted by Gasteiger charge is 2.31. The minimum Gasteiger partial charge on any atom is -0.361 e. The van der Waals surface area contributed by atoms with Crippen molar-refractivity contribution in [2.75, 3.05) is 18.6 Å². The van der Waals surface area contributed by atoms with Gasteiger partial charge in [-0.15, -0.1) is 0 Å². The van der Waals surface area contributed by atoms with E-state index < -0.39 is 0 Å². The average Bonchev–Trinajstić information content (AvgIpc) is 2.88. The van der Waals surface area contributed by atoms with Crippen molar-refractivity contribution in [3.63, 3.8) is 0 Å². The van der Waals surface area contributed by atoms with Crippen LogP contribution in [0.25, 0.3) is 16.8 Å². The maximum absolute atomic E-state index is 2.45. The number of fused-ring (bicyclic) bond motifs is 6. The summed E-state index contributed by atoms with van der Waals surface area (Å²) < 4.78 is 0. The lowest BCUT2D eigenvalue weighted by molar-refractivity contribution is 0.495. The maximum Gasteiger partial charge on any atom is 0.0945 e. The first-order valence-electron chi connectivity index (χ1n) is 7.21. The standard InChI is InChI=1S/C18H18N2/c1-3-13-7-6-10-16-14-8-4-5-9-15(14)17-11-19(2)12-20(17)18(13)16/h4-11H,3,12H2,1-2H3. The fourth-order valence-corrected chi connectivity index (χ4v) is 3.38. The first kappa shape index (κ1) is 11.6. The van der Waals surface area contributed by atoms with E-state index in [1.807, 2.05) is 0 Å². The number of aryl methyl sites for hydroxylation is 1. The zero-order chi connectivity index (χ0) is 13.7. The van der Waals surface area contributed by atoms with Crippen molar-refractivity contribution in [3.8, 4) is 11.1 Å². The van der Waals surface area contributed by atoms with Gasteiger partial charge in [-0.1, -0.05) is 49.4 Å². The Bertz CT molecular complexity index is 715. The van der Waals surface area contributed by atoms with E-state index in [9.17, 15) is 0 Å². The largest absolute Gasteiger partial charge is 0.361 e. The molecule has 0 atom stereocenters. The number of hydrogen-bond acceptors (Lipinski definition) is 2. The van der Waals surface area contributed by atoms with E-state index >= 15 is 0 Å². The van der Waals surface area contributed by atoms with E-state index in [1.165, 1.54) is 33.6 Å². The van der Waals surface area contributed by atoms with Crippen molar-refractivity contribution < 1.29 is 0 Å². The van der Waals surface area contributed by atoms with Gasteiger partial charge in [0.1, 0.15) is 0 Å². The number of anilines is 1. The van der Waals surface area contributed by atoms with Crippen LogP contribution in [0, 0.1) is 0 Å². The molecule has 0 unspecified atom stereocenters. The quantitative estimate of drug-likeness (QED) is 0.768. The number of nitrogens with zero attached hydrogens (tertiary/aromatic N) is 2. The summed E-state index contributed by atoms with van der Waals surface area (Å²) in [4.78, 5) is 4.71. The van der Waals surface area contributed by atoms with Crippen molar-refractivity contribution in [1.82, 2.24) is 4.90 Å². The van der Waals surface area contributed by atoms with E-state index in [0.29, 0.717) is 0 Å². The molecule has 0 aliphatic carbocycles. The Morgan fingerprint density at radius 2 is 1.70 bits per heavy atom. The third kappa shape index (κ3) is 1.45. The van der Waals surface area contributed by atoms with Gasteiger partial charge in [-0.25, -0.2) is 0 Å². The first-order chi connectivity index (χ1) is 9.79. The van der Waals surface area contributed by atoms with Crippen LogP contribution in [0.2, 0.25) is 0 Å². The predicted molar refractivity (Wildman–Crippen MR) is 84.3 cm³/mol. The Morgan fingerprint density at radius 1 is 0.950 bits per heavy atom. The van der Waals surface area contributed by atoms with Gasteiger partial charge in [-0.3, -0.25) is 0 Å². The zero-order valence-electron chi connectivity index (χ0n) is 11.9. The summed E-state index contributed by atoms with van der Waals surface area (Å²) in [7, 11) is 2.14. The smallest absolute Gasteiger partial charge is 0.0945 e. The highest BCUT2D eigenvalue weighted by Crippen LogP contribution is 2.47. The van der Waals surface area contributed by atoms with Crippen LogP contribution in [0.5, 0.6) is 0 Å². The van der Waals surface area contributed by atoms with Gasteiger partial charge in [0.25, 0.3) is 0 Å². The highest BCUT2D eigenvalue weighted by molar-refractivity contribution is 6.00. The van der Waals surface area contributed by atoms with Crippen molar-refractivity contribution in [2.45, 2.75) is 13.3 Å². The molecule has 0 N–H and O–H groups in total. The monoisotopic (exact) mass is 262 g/mol. The van der Waals surface area contributed by atoms with Crippen LogP contribution in [-0.2, 0) is 6.42 Å². The second-order valence-corrected chi connectivity index (χ2v) is 5.55. The van der Waals surface area contributed by atoms with Gasteiger partial charge in [-0.2, -0.15) is 0 Å². The van der Waals surface area contributed by atoms with Crippen LogP contribution in [0.3, 0.4) is 0 Å². The lowest BCUT2D eigenvalue weighted by Crippen LogP contribution is -2.27. The fraction of sp³-hybridized carbons (Fsp3) is 0.222. The van der Waals surface area contributed by atoms with Gasteiger partial charge in [0.15, 0.2) is 0 Å². The van der Waals surface area contributed by atoms with E-state index in [-0.39, 0.29) is 0 Å². The van der Waals surface area contributed by atoms with Gasteiger partial charge < -0.3 is 9.80 Å². The lowest BCUT2D eigenvalue weighted by atomic mass is 9.89. The van der Waals surface area contributed by atoms with Crippen LogP contribution in [0.4, 0.5) is 5.69 Å². The molecule has 0 aromatic heterocycles. The van der Waals surface area contributed by atoms with Crippen molar-refractivity contribution in [2.24, 2.45) is 0 Å². The van der Waals surface area contributed by atoms with E-state index in [4.69, 9.17) is 0 Å². The summed E-state index contributed by atoms with van der Waals surface area (Å²) in [5, 5.41) is 0. The Hall–Kier alpha value is -2.22. The molecule has 20 heavy (non-hydrogen) atoms. The molecule has 0 radical (unpaired) electrons. The maximum atomic E-state index is 2.45. The van der Waals surface area contributed by atoms with Gasteiger partial charge in [-0.05, 0) is 17.5 Å². The molecule has 2 heterocycles. The highest BCUT2D eigenvalue weighted by atomic mass is 15.4. The molecular weight excluding hydrogens is 244 g/mol. The number of hydrogen-bond donors (Lipinski definition) is 0. The van der Waals surface area contributed by atoms with Crippen LogP contribution >= 0.6 is 0 Å². The zero-order valence-corrected chi connectivity index (χ0v) is 11.9. The lowest BCUT2D eigenvalue weighted by Gasteiger charge is -2.33. The third-order valence-corrected chi connectivity index (χ3v) is 4.26. The fourth-order valence-electron chi connectivity index (χ4n) is 3.38. The van der Waals surface area contributed by atoms with Gasteiger partial charge >= 0.3 is 0 Å². The summed E-state index contributed by atoms with van der Waals surface area (Å²) in [5.74, 6) is 0.